The second-order valence-electron chi connectivity index (χ2n) is 19.0. The van der Waals surface area contributed by atoms with Crippen LogP contribution in [-0.2, 0) is 16.0 Å². The van der Waals surface area contributed by atoms with Crippen LogP contribution < -0.4 is 0 Å². The Hall–Kier alpha value is -1.43. The highest BCUT2D eigenvalue weighted by Crippen LogP contribution is 2.87. The number of ether oxygens (including phenoxy) is 1. The molecule has 0 radical (unpaired) electrons. The maximum Gasteiger partial charge on any atom is 0.309 e. The molecule has 46 heavy (non-hydrogen) atoms. The zero-order valence-electron chi connectivity index (χ0n) is 29.2. The van der Waals surface area contributed by atoms with Crippen LogP contribution in [0.3, 0.4) is 0 Å². The Kier molecular flexibility index (Phi) is 6.81. The molecule has 4 bridgehead atoms. The van der Waals surface area contributed by atoms with Gasteiger partial charge in [-0.05, 0) is 135 Å². The van der Waals surface area contributed by atoms with Gasteiger partial charge in [-0.2, -0.15) is 0 Å². The normalized spacial score (nSPS) is 55.4. The molecule has 3 N–H and O–H groups in total. The van der Waals surface area contributed by atoms with Crippen molar-refractivity contribution in [2.75, 3.05) is 0 Å². The standard InChI is InChI=1S/C41H60O5/c1-6-11-29-40-23-22-39-15-10-14-38(30-26-35(3,33(43)44)17-16-34(30,2)18-20-37(38,39)5)21-19-36(39,4)32(40)28(42)25-41(29,45)46-31(40)24-27-12-8-7-9-13-27/h7-9,12-13,28-32,42,45H,6,10-11,14-26H2,1-5H3,(H,43,44)/t28-,29-,30+,31-,32-,34-,35+,36-,37-,38+,39-,40+,41-/m0/s1. The zero-order chi connectivity index (χ0) is 32.6. The van der Waals surface area contributed by atoms with Crippen LogP contribution in [0.25, 0.3) is 0 Å². The third-order valence-corrected chi connectivity index (χ3v) is 17.8. The number of fused-ring (bicyclic) bond motifs is 3. The molecule has 0 aromatic heterocycles. The van der Waals surface area contributed by atoms with Crippen LogP contribution >= 0.6 is 0 Å². The fraction of sp³-hybridized carbons (Fsp3) is 0.829. The van der Waals surface area contributed by atoms with Gasteiger partial charge in [0.05, 0.1) is 17.6 Å². The summed E-state index contributed by atoms with van der Waals surface area (Å²) in [4.78, 5) is 12.7. The van der Waals surface area contributed by atoms with Gasteiger partial charge in [0.1, 0.15) is 0 Å². The fourth-order valence-corrected chi connectivity index (χ4v) is 15.8. The van der Waals surface area contributed by atoms with Gasteiger partial charge < -0.3 is 20.1 Å². The lowest BCUT2D eigenvalue weighted by Crippen LogP contribution is -2.77. The van der Waals surface area contributed by atoms with Crippen LogP contribution in [0, 0.1) is 55.7 Å². The van der Waals surface area contributed by atoms with Crippen LogP contribution in [0.2, 0.25) is 0 Å². The smallest absolute Gasteiger partial charge is 0.309 e. The van der Waals surface area contributed by atoms with Gasteiger partial charge in [-0.25, -0.2) is 0 Å². The maximum absolute atomic E-state index is 12.7. The summed E-state index contributed by atoms with van der Waals surface area (Å²) in [5.41, 5.74) is 0.849. The van der Waals surface area contributed by atoms with Crippen molar-refractivity contribution in [1.29, 1.82) is 0 Å². The highest BCUT2D eigenvalue weighted by molar-refractivity contribution is 5.74. The summed E-state index contributed by atoms with van der Waals surface area (Å²) < 4.78 is 6.90. The molecule has 0 unspecified atom stereocenters. The van der Waals surface area contributed by atoms with E-state index in [-0.39, 0.29) is 50.4 Å². The van der Waals surface area contributed by atoms with Gasteiger partial charge in [0, 0.05) is 17.8 Å². The minimum Gasteiger partial charge on any atom is -0.481 e. The lowest BCUT2D eigenvalue weighted by molar-refractivity contribution is -0.346. The number of hydrogen-bond donors (Lipinski definition) is 3. The highest BCUT2D eigenvalue weighted by Gasteiger charge is 2.83. The van der Waals surface area contributed by atoms with Crippen molar-refractivity contribution in [3.05, 3.63) is 35.9 Å². The van der Waals surface area contributed by atoms with Crippen LogP contribution in [0.15, 0.2) is 30.3 Å². The van der Waals surface area contributed by atoms with E-state index in [1.54, 1.807) is 0 Å². The van der Waals surface area contributed by atoms with Gasteiger partial charge in [0.15, 0.2) is 5.79 Å². The molecule has 254 valence electrons. The third kappa shape index (κ3) is 3.57. The van der Waals surface area contributed by atoms with Crippen molar-refractivity contribution >= 4 is 5.97 Å². The van der Waals surface area contributed by atoms with E-state index >= 15 is 0 Å². The number of hydrogen-bond acceptors (Lipinski definition) is 4. The molecule has 0 amide bonds. The molecule has 8 rings (SSSR count). The summed E-state index contributed by atoms with van der Waals surface area (Å²) in [5.74, 6) is -1.32. The molecule has 1 heterocycles. The van der Waals surface area contributed by atoms with Crippen LogP contribution in [-0.4, -0.2) is 39.3 Å². The van der Waals surface area contributed by atoms with Gasteiger partial charge in [0.2, 0.25) is 0 Å². The molecule has 6 aliphatic carbocycles. The van der Waals surface area contributed by atoms with E-state index in [0.717, 1.165) is 64.2 Å². The van der Waals surface area contributed by atoms with Crippen LogP contribution in [0.1, 0.15) is 136 Å². The summed E-state index contributed by atoms with van der Waals surface area (Å²) in [6.07, 6.45) is 15.4. The first kappa shape index (κ1) is 31.8. The van der Waals surface area contributed by atoms with Crippen molar-refractivity contribution in [1.82, 2.24) is 0 Å². The molecule has 7 aliphatic rings. The Morgan fingerprint density at radius 1 is 0.891 bits per heavy atom. The molecule has 2 spiro atoms. The highest BCUT2D eigenvalue weighted by atomic mass is 16.6. The van der Waals surface area contributed by atoms with Crippen LogP contribution in [0.5, 0.6) is 0 Å². The van der Waals surface area contributed by atoms with E-state index in [1.165, 1.54) is 37.7 Å². The Balaban J connectivity index is 1.26. The first-order chi connectivity index (χ1) is 21.7. The summed E-state index contributed by atoms with van der Waals surface area (Å²) in [5, 5.41) is 35.2. The Labute approximate surface area is 277 Å². The van der Waals surface area contributed by atoms with E-state index in [0.29, 0.717) is 12.3 Å². The number of aliphatic carboxylic acids is 1. The summed E-state index contributed by atoms with van der Waals surface area (Å²) in [6, 6.07) is 10.7. The Bertz CT molecular complexity index is 1400. The van der Waals surface area contributed by atoms with Gasteiger partial charge in [-0.1, -0.05) is 70.9 Å². The molecule has 1 aliphatic heterocycles. The summed E-state index contributed by atoms with van der Waals surface area (Å²) >= 11 is 0. The second kappa shape index (κ2) is 9.84. The van der Waals surface area contributed by atoms with E-state index in [2.05, 4.69) is 58.0 Å². The predicted molar refractivity (Wildman–Crippen MR) is 179 cm³/mol. The lowest BCUT2D eigenvalue weighted by atomic mass is 9.22. The predicted octanol–water partition coefficient (Wildman–Crippen LogP) is 8.55. The van der Waals surface area contributed by atoms with E-state index in [4.69, 9.17) is 4.74 Å². The SMILES string of the molecule is CCC[C@H]1[C@@]23CC[C@@]45CCC[C@@]6(CC[C@@]4(C)[C@@H]2[C@@H](O)C[C@]1(O)O[C@H]3Cc1ccccc1)[C@@H]1C[C@](C)(C(=O)O)CC[C@@]1(C)CC[C@@]65C. The largest absolute Gasteiger partial charge is 0.481 e. The number of aliphatic hydroxyl groups excluding tert-OH is 1. The monoisotopic (exact) mass is 632 g/mol. The zero-order valence-corrected chi connectivity index (χ0v) is 29.2. The van der Waals surface area contributed by atoms with Gasteiger partial charge >= 0.3 is 5.97 Å². The number of carboxylic acid groups (broad SMARTS) is 1. The van der Waals surface area contributed by atoms with Crippen molar-refractivity contribution in [3.63, 3.8) is 0 Å². The minimum atomic E-state index is -1.27. The maximum atomic E-state index is 12.7. The quantitative estimate of drug-likeness (QED) is 0.303. The first-order valence-electron chi connectivity index (χ1n) is 19.1. The average molecular weight is 633 g/mol. The molecule has 1 aromatic rings. The molecule has 5 heteroatoms. The number of benzene rings is 1. The lowest BCUT2D eigenvalue weighted by Gasteiger charge is -2.82. The van der Waals surface area contributed by atoms with E-state index in [1.807, 2.05) is 6.92 Å². The Morgan fingerprint density at radius 3 is 2.35 bits per heavy atom. The molecule has 7 fully saturated rings. The van der Waals surface area contributed by atoms with Gasteiger partial charge in [-0.15, -0.1) is 0 Å². The van der Waals surface area contributed by atoms with Crippen molar-refractivity contribution in [2.24, 2.45) is 55.7 Å². The van der Waals surface area contributed by atoms with Gasteiger partial charge in [-0.3, -0.25) is 4.79 Å². The molecule has 1 saturated heterocycles. The number of rotatable bonds is 5. The van der Waals surface area contributed by atoms with E-state index < -0.39 is 23.3 Å². The van der Waals surface area contributed by atoms with Crippen LogP contribution in [0.4, 0.5) is 0 Å². The minimum absolute atomic E-state index is 0.0358. The second-order valence-corrected chi connectivity index (χ2v) is 19.0. The molecule has 5 nitrogen and oxygen atoms in total. The third-order valence-electron chi connectivity index (χ3n) is 17.8. The van der Waals surface area contributed by atoms with Crippen molar-refractivity contribution < 1.29 is 24.9 Å². The fourth-order valence-electron chi connectivity index (χ4n) is 15.8. The van der Waals surface area contributed by atoms with Crippen molar-refractivity contribution in [3.8, 4) is 0 Å². The van der Waals surface area contributed by atoms with Crippen molar-refractivity contribution in [2.45, 2.75) is 155 Å². The molecule has 1 aromatic carbocycles. The number of carboxylic acids is 1. The van der Waals surface area contributed by atoms with E-state index in [9.17, 15) is 20.1 Å². The molecular weight excluding hydrogens is 572 g/mol. The number of aliphatic hydroxyl groups is 2. The Morgan fingerprint density at radius 2 is 1.63 bits per heavy atom. The molecule has 6 saturated carbocycles. The topological polar surface area (TPSA) is 87.0 Å². The summed E-state index contributed by atoms with van der Waals surface area (Å²) in [7, 11) is 0. The average Bonchev–Trinajstić information content (AvgIpc) is 3.15. The van der Waals surface area contributed by atoms with Gasteiger partial charge in [0.25, 0.3) is 0 Å². The number of carbonyl (C=O) groups is 1. The summed E-state index contributed by atoms with van der Waals surface area (Å²) in [6.45, 7) is 12.0. The molecular formula is C41H60O5. The molecule has 13 atom stereocenters. The first-order valence-corrected chi connectivity index (χ1v) is 19.1.